The molecule has 0 fully saturated rings. The van der Waals surface area contributed by atoms with E-state index >= 15 is 0 Å². The number of nitro groups is 1. The molecule has 0 aliphatic heterocycles. The van der Waals surface area contributed by atoms with E-state index in [9.17, 15) is 14.9 Å². The molecule has 0 saturated heterocycles. The standard InChI is InChI=1S/C14H5Cl6NO4/c15-7(5-1-3-6(4-2-5)21(23)24)14(22)25-13-11(19)9(17)8(16)10(18)12(13)20/h1-4,7H/t7-/m0/s1. The van der Waals surface area contributed by atoms with Crippen molar-refractivity contribution in [1.82, 2.24) is 0 Å². The van der Waals surface area contributed by atoms with Crippen molar-refractivity contribution in [2.75, 3.05) is 0 Å². The van der Waals surface area contributed by atoms with Gasteiger partial charge in [0.2, 0.25) is 0 Å². The second-order valence-corrected chi connectivity index (χ2v) is 6.86. The SMILES string of the molecule is O=C(Oc1c(Cl)c(Cl)c(Cl)c(Cl)c1Cl)[C@@H](Cl)c1ccc([N+](=O)[O-])cc1. The Morgan fingerprint density at radius 2 is 1.36 bits per heavy atom. The second-order valence-electron chi connectivity index (χ2n) is 4.53. The number of carbonyl (C=O) groups is 1. The minimum Gasteiger partial charge on any atom is -0.422 e. The molecule has 0 aromatic heterocycles. The minimum atomic E-state index is -1.28. The number of benzene rings is 2. The van der Waals surface area contributed by atoms with Gasteiger partial charge in [-0.05, 0) is 5.56 Å². The molecule has 5 nitrogen and oxygen atoms in total. The van der Waals surface area contributed by atoms with Crippen LogP contribution in [0.1, 0.15) is 10.9 Å². The van der Waals surface area contributed by atoms with Crippen LogP contribution in [-0.2, 0) is 4.79 Å². The highest BCUT2D eigenvalue weighted by Gasteiger charge is 2.26. The number of nitro benzene ring substituents is 1. The Kier molecular flexibility index (Phi) is 6.65. The molecule has 0 radical (unpaired) electrons. The van der Waals surface area contributed by atoms with E-state index in [4.69, 9.17) is 74.3 Å². The smallest absolute Gasteiger partial charge is 0.334 e. The van der Waals surface area contributed by atoms with Crippen LogP contribution in [0.25, 0.3) is 0 Å². The highest BCUT2D eigenvalue weighted by atomic mass is 35.5. The van der Waals surface area contributed by atoms with E-state index in [1.807, 2.05) is 0 Å². The van der Waals surface area contributed by atoms with E-state index in [-0.39, 0.29) is 42.1 Å². The Hall–Kier alpha value is -0.950. The highest BCUT2D eigenvalue weighted by molar-refractivity contribution is 6.55. The third-order valence-corrected chi connectivity index (χ3v) is 5.65. The summed E-state index contributed by atoms with van der Waals surface area (Å²) >= 11 is 35.6. The largest absolute Gasteiger partial charge is 0.422 e. The average molecular weight is 464 g/mol. The molecule has 0 unspecified atom stereocenters. The molecule has 0 aliphatic carbocycles. The normalized spacial score (nSPS) is 11.9. The van der Waals surface area contributed by atoms with Gasteiger partial charge in [-0.3, -0.25) is 10.1 Å². The molecule has 0 heterocycles. The van der Waals surface area contributed by atoms with Crippen LogP contribution in [0.2, 0.25) is 25.1 Å². The van der Waals surface area contributed by atoms with E-state index in [1.165, 1.54) is 24.3 Å². The lowest BCUT2D eigenvalue weighted by Crippen LogP contribution is -2.15. The summed E-state index contributed by atoms with van der Waals surface area (Å²) in [4.78, 5) is 22.3. The molecule has 0 N–H and O–H groups in total. The number of non-ortho nitro benzene ring substituents is 1. The van der Waals surface area contributed by atoms with Crippen molar-refractivity contribution in [2.24, 2.45) is 0 Å². The first-order valence-corrected chi connectivity index (χ1v) is 8.59. The minimum absolute atomic E-state index is 0.0871. The molecular formula is C14H5Cl6NO4. The Balaban J connectivity index is 2.29. The van der Waals surface area contributed by atoms with Gasteiger partial charge in [0.25, 0.3) is 5.69 Å². The van der Waals surface area contributed by atoms with E-state index < -0.39 is 16.3 Å². The zero-order valence-corrected chi connectivity index (χ0v) is 16.3. The summed E-state index contributed by atoms with van der Waals surface area (Å²) in [6.07, 6.45) is 0. The molecule has 25 heavy (non-hydrogen) atoms. The average Bonchev–Trinajstić information content (AvgIpc) is 2.61. The third-order valence-electron chi connectivity index (χ3n) is 2.98. The van der Waals surface area contributed by atoms with Crippen LogP contribution in [0.4, 0.5) is 5.69 Å². The fourth-order valence-corrected chi connectivity index (χ4v) is 3.12. The van der Waals surface area contributed by atoms with Crippen LogP contribution >= 0.6 is 69.6 Å². The molecule has 0 bridgehead atoms. The first-order valence-electron chi connectivity index (χ1n) is 6.26. The third kappa shape index (κ3) is 4.25. The molecule has 2 rings (SSSR count). The number of alkyl halides is 1. The fraction of sp³-hybridized carbons (Fsp3) is 0.0714. The molecular weight excluding hydrogens is 459 g/mol. The van der Waals surface area contributed by atoms with Gasteiger partial charge in [0.1, 0.15) is 10.0 Å². The zero-order chi connectivity index (χ0) is 18.9. The molecule has 2 aromatic carbocycles. The summed E-state index contributed by atoms with van der Waals surface area (Å²) in [6.45, 7) is 0. The molecule has 11 heteroatoms. The molecule has 0 spiro atoms. The van der Waals surface area contributed by atoms with Crippen LogP contribution in [0.3, 0.4) is 0 Å². The van der Waals surface area contributed by atoms with Crippen molar-refractivity contribution < 1.29 is 14.5 Å². The summed E-state index contributed by atoms with van der Waals surface area (Å²) in [5.74, 6) is -1.23. The molecule has 0 aliphatic rings. The van der Waals surface area contributed by atoms with Crippen LogP contribution < -0.4 is 4.74 Å². The summed E-state index contributed by atoms with van der Waals surface area (Å²) in [7, 11) is 0. The lowest BCUT2D eigenvalue weighted by atomic mass is 10.1. The van der Waals surface area contributed by atoms with Crippen LogP contribution in [-0.4, -0.2) is 10.9 Å². The number of nitrogens with zero attached hydrogens (tertiary/aromatic N) is 1. The maximum absolute atomic E-state index is 12.2. The van der Waals surface area contributed by atoms with Gasteiger partial charge in [-0.1, -0.05) is 70.1 Å². The second kappa shape index (κ2) is 8.16. The maximum Gasteiger partial charge on any atom is 0.334 e. The van der Waals surface area contributed by atoms with Crippen molar-refractivity contribution in [3.05, 3.63) is 65.1 Å². The fourth-order valence-electron chi connectivity index (χ4n) is 1.73. The van der Waals surface area contributed by atoms with Crippen molar-refractivity contribution >= 4 is 81.3 Å². The monoisotopic (exact) mass is 461 g/mol. The Bertz CT molecular complexity index is 826. The van der Waals surface area contributed by atoms with Crippen molar-refractivity contribution in [3.63, 3.8) is 0 Å². The van der Waals surface area contributed by atoms with Gasteiger partial charge < -0.3 is 4.74 Å². The van der Waals surface area contributed by atoms with Gasteiger partial charge in [-0.25, -0.2) is 4.79 Å². The zero-order valence-electron chi connectivity index (χ0n) is 11.7. The molecule has 2 aromatic rings. The van der Waals surface area contributed by atoms with Crippen LogP contribution in [0.15, 0.2) is 24.3 Å². The lowest BCUT2D eigenvalue weighted by molar-refractivity contribution is -0.384. The first kappa shape index (κ1) is 20.4. The lowest BCUT2D eigenvalue weighted by Gasteiger charge is -2.14. The van der Waals surface area contributed by atoms with Crippen molar-refractivity contribution in [2.45, 2.75) is 5.38 Å². The van der Waals surface area contributed by atoms with Gasteiger partial charge in [-0.2, -0.15) is 0 Å². The Morgan fingerprint density at radius 1 is 0.920 bits per heavy atom. The number of hydrogen-bond acceptors (Lipinski definition) is 4. The molecule has 132 valence electrons. The van der Waals surface area contributed by atoms with E-state index in [2.05, 4.69) is 0 Å². The number of esters is 1. The van der Waals surface area contributed by atoms with Gasteiger partial charge in [0, 0.05) is 12.1 Å². The van der Waals surface area contributed by atoms with Crippen LogP contribution in [0, 0.1) is 10.1 Å². The molecule has 0 saturated carbocycles. The summed E-state index contributed by atoms with van der Waals surface area (Å²) < 4.78 is 5.09. The number of ether oxygens (including phenoxy) is 1. The van der Waals surface area contributed by atoms with Crippen LogP contribution in [0.5, 0.6) is 5.75 Å². The predicted octanol–water partition coefficient (Wildman–Crippen LogP) is 6.75. The number of rotatable bonds is 4. The summed E-state index contributed by atoms with van der Waals surface area (Å²) in [5.41, 5.74) is 0.124. The van der Waals surface area contributed by atoms with Crippen molar-refractivity contribution in [1.29, 1.82) is 0 Å². The van der Waals surface area contributed by atoms with Gasteiger partial charge in [-0.15, -0.1) is 11.6 Å². The first-order chi connectivity index (χ1) is 11.6. The van der Waals surface area contributed by atoms with E-state index in [0.717, 1.165) is 0 Å². The number of carbonyl (C=O) groups excluding carboxylic acids is 1. The predicted molar refractivity (Wildman–Crippen MR) is 98.8 cm³/mol. The molecule has 0 amide bonds. The topological polar surface area (TPSA) is 69.4 Å². The van der Waals surface area contributed by atoms with Gasteiger partial charge >= 0.3 is 5.97 Å². The Labute approximate surface area is 171 Å². The van der Waals surface area contributed by atoms with Gasteiger partial charge in [0.15, 0.2) is 11.1 Å². The quantitative estimate of drug-likeness (QED) is 0.0956. The van der Waals surface area contributed by atoms with Gasteiger partial charge in [0.05, 0.1) is 20.0 Å². The highest BCUT2D eigenvalue weighted by Crippen LogP contribution is 2.48. The van der Waals surface area contributed by atoms with E-state index in [1.54, 1.807) is 0 Å². The maximum atomic E-state index is 12.2. The van der Waals surface area contributed by atoms with E-state index in [0.29, 0.717) is 0 Å². The Morgan fingerprint density at radius 3 is 1.80 bits per heavy atom. The summed E-state index contributed by atoms with van der Waals surface area (Å²) in [6, 6.07) is 5.05. The number of hydrogen-bond donors (Lipinski definition) is 0. The summed E-state index contributed by atoms with van der Waals surface area (Å²) in [5, 5.41) is 8.59. The number of halogens is 6. The van der Waals surface area contributed by atoms with Crippen molar-refractivity contribution in [3.8, 4) is 5.75 Å². The molecule has 1 atom stereocenters.